The predicted molar refractivity (Wildman–Crippen MR) is 53.4 cm³/mol. The standard InChI is InChI=1S/C8H15ClN2O3/c1-3-14-5-4-11(2)8(13)10-7(12)6-9/h3-6H2,1-2H3,(H,10,12,13). The molecule has 0 saturated carbocycles. The second-order valence-electron chi connectivity index (χ2n) is 2.61. The largest absolute Gasteiger partial charge is 0.380 e. The molecule has 0 aliphatic heterocycles. The van der Waals surface area contributed by atoms with Crippen molar-refractivity contribution in [2.75, 3.05) is 32.7 Å². The fourth-order valence-electron chi connectivity index (χ4n) is 0.695. The summed E-state index contributed by atoms with van der Waals surface area (Å²) in [7, 11) is 1.58. The summed E-state index contributed by atoms with van der Waals surface area (Å²) in [4.78, 5) is 23.3. The Balaban J connectivity index is 3.70. The Hall–Kier alpha value is -0.810. The van der Waals surface area contributed by atoms with Gasteiger partial charge in [-0.3, -0.25) is 10.1 Å². The van der Waals surface area contributed by atoms with Crippen LogP contribution in [0.4, 0.5) is 4.79 Å². The molecule has 6 heteroatoms. The number of nitrogens with one attached hydrogen (secondary N) is 1. The Morgan fingerprint density at radius 1 is 1.50 bits per heavy atom. The van der Waals surface area contributed by atoms with Crippen LogP contribution in [-0.2, 0) is 9.53 Å². The van der Waals surface area contributed by atoms with E-state index >= 15 is 0 Å². The number of carbonyl (C=O) groups is 2. The molecule has 0 aromatic carbocycles. The Bertz CT molecular complexity index is 199. The quantitative estimate of drug-likeness (QED) is 0.542. The number of amides is 3. The van der Waals surface area contributed by atoms with E-state index in [1.54, 1.807) is 7.05 Å². The van der Waals surface area contributed by atoms with E-state index in [2.05, 4.69) is 5.32 Å². The van der Waals surface area contributed by atoms with Gasteiger partial charge in [-0.1, -0.05) is 0 Å². The van der Waals surface area contributed by atoms with Crippen molar-refractivity contribution in [2.45, 2.75) is 6.92 Å². The van der Waals surface area contributed by atoms with Crippen molar-refractivity contribution in [1.29, 1.82) is 0 Å². The maximum Gasteiger partial charge on any atom is 0.323 e. The molecular weight excluding hydrogens is 208 g/mol. The van der Waals surface area contributed by atoms with E-state index in [1.165, 1.54) is 4.90 Å². The zero-order valence-corrected chi connectivity index (χ0v) is 9.13. The van der Waals surface area contributed by atoms with Gasteiger partial charge in [0.05, 0.1) is 6.61 Å². The third-order valence-electron chi connectivity index (χ3n) is 1.49. The number of halogens is 1. The van der Waals surface area contributed by atoms with E-state index < -0.39 is 11.9 Å². The van der Waals surface area contributed by atoms with Crippen LogP contribution in [0.5, 0.6) is 0 Å². The molecule has 0 atom stereocenters. The Labute approximate surface area is 88.3 Å². The summed E-state index contributed by atoms with van der Waals surface area (Å²) in [5, 5.41) is 2.12. The Kier molecular flexibility index (Phi) is 7.14. The van der Waals surface area contributed by atoms with Gasteiger partial charge in [-0.15, -0.1) is 11.6 Å². The van der Waals surface area contributed by atoms with Gasteiger partial charge in [-0.05, 0) is 6.92 Å². The molecule has 0 heterocycles. The normalized spacial score (nSPS) is 9.64. The van der Waals surface area contributed by atoms with Gasteiger partial charge in [0.15, 0.2) is 0 Å². The topological polar surface area (TPSA) is 58.6 Å². The molecule has 0 aromatic heterocycles. The highest BCUT2D eigenvalue weighted by atomic mass is 35.5. The number of carbonyl (C=O) groups excluding carboxylic acids is 2. The third-order valence-corrected chi connectivity index (χ3v) is 1.73. The molecule has 0 rings (SSSR count). The van der Waals surface area contributed by atoms with Crippen molar-refractivity contribution in [3.63, 3.8) is 0 Å². The molecule has 14 heavy (non-hydrogen) atoms. The predicted octanol–water partition coefficient (Wildman–Crippen LogP) is 0.430. The number of alkyl halides is 1. The molecule has 0 aromatic rings. The molecule has 3 amide bonds. The van der Waals surface area contributed by atoms with Gasteiger partial charge in [0.1, 0.15) is 5.88 Å². The van der Waals surface area contributed by atoms with Gasteiger partial charge in [0.25, 0.3) is 0 Å². The molecule has 0 aliphatic rings. The molecule has 0 aliphatic carbocycles. The van der Waals surface area contributed by atoms with Crippen LogP contribution in [0.3, 0.4) is 0 Å². The molecule has 82 valence electrons. The molecule has 5 nitrogen and oxygen atoms in total. The lowest BCUT2D eigenvalue weighted by molar-refractivity contribution is -0.117. The first-order chi connectivity index (χ1) is 6.61. The van der Waals surface area contributed by atoms with Crippen molar-refractivity contribution in [2.24, 2.45) is 0 Å². The highest BCUT2D eigenvalue weighted by Gasteiger charge is 2.10. The maximum atomic E-state index is 11.2. The minimum atomic E-state index is -0.500. The first-order valence-electron chi connectivity index (χ1n) is 4.30. The number of imide groups is 1. The summed E-state index contributed by atoms with van der Waals surface area (Å²) >= 11 is 5.22. The smallest absolute Gasteiger partial charge is 0.323 e. The monoisotopic (exact) mass is 222 g/mol. The van der Waals surface area contributed by atoms with Crippen molar-refractivity contribution in [3.8, 4) is 0 Å². The summed E-state index contributed by atoms with van der Waals surface area (Å²) < 4.78 is 5.05. The molecule has 0 spiro atoms. The lowest BCUT2D eigenvalue weighted by Gasteiger charge is -2.16. The van der Waals surface area contributed by atoms with Gasteiger partial charge >= 0.3 is 6.03 Å². The first-order valence-corrected chi connectivity index (χ1v) is 4.84. The summed E-state index contributed by atoms with van der Waals surface area (Å²) in [6.45, 7) is 3.37. The van der Waals surface area contributed by atoms with Crippen LogP contribution in [0.25, 0.3) is 0 Å². The zero-order chi connectivity index (χ0) is 11.0. The molecule has 1 N–H and O–H groups in total. The number of hydrogen-bond acceptors (Lipinski definition) is 3. The van der Waals surface area contributed by atoms with Crippen LogP contribution < -0.4 is 5.32 Å². The van der Waals surface area contributed by atoms with Crippen molar-refractivity contribution in [1.82, 2.24) is 10.2 Å². The van der Waals surface area contributed by atoms with Gasteiger partial charge < -0.3 is 9.64 Å². The second-order valence-corrected chi connectivity index (χ2v) is 2.87. The molecule has 0 bridgehead atoms. The van der Waals surface area contributed by atoms with E-state index in [9.17, 15) is 9.59 Å². The summed E-state index contributed by atoms with van der Waals surface area (Å²) in [5.41, 5.74) is 0. The van der Waals surface area contributed by atoms with Crippen LogP contribution in [-0.4, -0.2) is 49.5 Å². The molecule has 0 saturated heterocycles. The summed E-state index contributed by atoms with van der Waals surface area (Å²) in [6, 6.07) is -0.463. The fraction of sp³-hybridized carbons (Fsp3) is 0.750. The Morgan fingerprint density at radius 3 is 2.64 bits per heavy atom. The summed E-state index contributed by atoms with van der Waals surface area (Å²) in [6.07, 6.45) is 0. The minimum absolute atomic E-state index is 0.217. The number of ether oxygens (including phenoxy) is 1. The van der Waals surface area contributed by atoms with Gasteiger partial charge in [-0.25, -0.2) is 4.79 Å². The number of rotatable bonds is 5. The van der Waals surface area contributed by atoms with Gasteiger partial charge in [-0.2, -0.15) is 0 Å². The fourth-order valence-corrected chi connectivity index (χ4v) is 0.762. The first kappa shape index (κ1) is 13.2. The van der Waals surface area contributed by atoms with Crippen LogP contribution in [0.15, 0.2) is 0 Å². The van der Waals surface area contributed by atoms with Crippen molar-refractivity contribution >= 4 is 23.5 Å². The zero-order valence-electron chi connectivity index (χ0n) is 8.38. The lowest BCUT2D eigenvalue weighted by Crippen LogP contribution is -2.42. The molecule has 0 radical (unpaired) electrons. The minimum Gasteiger partial charge on any atom is -0.380 e. The number of urea groups is 1. The average molecular weight is 223 g/mol. The summed E-state index contributed by atoms with van der Waals surface area (Å²) in [5.74, 6) is -0.717. The molecule has 0 unspecified atom stereocenters. The third kappa shape index (κ3) is 5.77. The highest BCUT2D eigenvalue weighted by molar-refractivity contribution is 6.28. The van der Waals surface area contributed by atoms with Crippen molar-refractivity contribution < 1.29 is 14.3 Å². The van der Waals surface area contributed by atoms with E-state index in [0.29, 0.717) is 19.8 Å². The second kappa shape index (κ2) is 7.58. The van der Waals surface area contributed by atoms with Crippen molar-refractivity contribution in [3.05, 3.63) is 0 Å². The Morgan fingerprint density at radius 2 is 2.14 bits per heavy atom. The van der Waals surface area contributed by atoms with E-state index in [-0.39, 0.29) is 5.88 Å². The number of nitrogens with zero attached hydrogens (tertiary/aromatic N) is 1. The van der Waals surface area contributed by atoms with Crippen LogP contribution in [0, 0.1) is 0 Å². The average Bonchev–Trinajstić information content (AvgIpc) is 2.17. The van der Waals surface area contributed by atoms with Gasteiger partial charge in [0.2, 0.25) is 5.91 Å². The van der Waals surface area contributed by atoms with E-state index in [4.69, 9.17) is 16.3 Å². The van der Waals surface area contributed by atoms with Crippen LogP contribution in [0.1, 0.15) is 6.92 Å². The van der Waals surface area contributed by atoms with Crippen LogP contribution in [0.2, 0.25) is 0 Å². The number of likely N-dealkylation sites (N-methyl/N-ethyl adjacent to an activating group) is 1. The number of hydrogen-bond donors (Lipinski definition) is 1. The van der Waals surface area contributed by atoms with E-state index in [1.807, 2.05) is 6.92 Å². The van der Waals surface area contributed by atoms with E-state index in [0.717, 1.165) is 0 Å². The molecule has 0 fully saturated rings. The van der Waals surface area contributed by atoms with Crippen LogP contribution >= 0.6 is 11.6 Å². The molecular formula is C8H15ClN2O3. The lowest BCUT2D eigenvalue weighted by atomic mass is 10.6. The SMILES string of the molecule is CCOCCN(C)C(=O)NC(=O)CCl. The van der Waals surface area contributed by atoms with Gasteiger partial charge in [0, 0.05) is 20.2 Å². The highest BCUT2D eigenvalue weighted by Crippen LogP contribution is 1.86. The maximum absolute atomic E-state index is 11.2.